The SMILES string of the molecule is OCc1c(S)ccc(S)c1CO. The number of hydrogen-bond donors (Lipinski definition) is 4. The van der Waals surface area contributed by atoms with Crippen molar-refractivity contribution in [2.75, 3.05) is 0 Å². The average molecular weight is 202 g/mol. The van der Waals surface area contributed by atoms with E-state index in [-0.39, 0.29) is 13.2 Å². The van der Waals surface area contributed by atoms with Gasteiger partial charge < -0.3 is 10.2 Å². The van der Waals surface area contributed by atoms with Crippen LogP contribution >= 0.6 is 25.3 Å². The van der Waals surface area contributed by atoms with E-state index in [9.17, 15) is 0 Å². The molecular weight excluding hydrogens is 192 g/mol. The monoisotopic (exact) mass is 202 g/mol. The quantitative estimate of drug-likeness (QED) is 0.545. The molecule has 0 spiro atoms. The summed E-state index contributed by atoms with van der Waals surface area (Å²) in [6.45, 7) is -0.244. The fourth-order valence-corrected chi connectivity index (χ4v) is 1.58. The highest BCUT2D eigenvalue weighted by molar-refractivity contribution is 7.80. The van der Waals surface area contributed by atoms with E-state index in [1.54, 1.807) is 12.1 Å². The molecule has 0 saturated carbocycles. The minimum absolute atomic E-state index is 0.122. The molecule has 0 amide bonds. The Hall–Kier alpha value is -0.160. The summed E-state index contributed by atoms with van der Waals surface area (Å²) in [5.74, 6) is 0. The Morgan fingerprint density at radius 1 is 0.917 bits per heavy atom. The summed E-state index contributed by atoms with van der Waals surface area (Å²) < 4.78 is 0. The minimum atomic E-state index is -0.122. The first-order valence-electron chi connectivity index (χ1n) is 3.45. The van der Waals surface area contributed by atoms with Gasteiger partial charge in [0, 0.05) is 9.79 Å². The maximum atomic E-state index is 8.96. The predicted molar refractivity (Wildman–Crippen MR) is 52.8 cm³/mol. The lowest BCUT2D eigenvalue weighted by Gasteiger charge is -2.09. The summed E-state index contributed by atoms with van der Waals surface area (Å²) in [6.07, 6.45) is 0. The van der Waals surface area contributed by atoms with Crippen molar-refractivity contribution in [1.29, 1.82) is 0 Å². The topological polar surface area (TPSA) is 40.5 Å². The number of thiol groups is 2. The van der Waals surface area contributed by atoms with Crippen molar-refractivity contribution in [2.45, 2.75) is 23.0 Å². The molecule has 1 aromatic rings. The molecule has 0 bridgehead atoms. The maximum Gasteiger partial charge on any atom is 0.0696 e. The van der Waals surface area contributed by atoms with Gasteiger partial charge in [0.25, 0.3) is 0 Å². The molecule has 0 heterocycles. The number of rotatable bonds is 2. The van der Waals surface area contributed by atoms with Gasteiger partial charge in [-0.1, -0.05) is 0 Å². The Balaban J connectivity index is 3.28. The van der Waals surface area contributed by atoms with Gasteiger partial charge in [-0.2, -0.15) is 0 Å². The van der Waals surface area contributed by atoms with Crippen molar-refractivity contribution in [1.82, 2.24) is 0 Å². The van der Waals surface area contributed by atoms with Crippen molar-refractivity contribution >= 4 is 25.3 Å². The molecule has 2 nitrogen and oxygen atoms in total. The molecule has 0 atom stereocenters. The van der Waals surface area contributed by atoms with Crippen LogP contribution in [0.5, 0.6) is 0 Å². The van der Waals surface area contributed by atoms with Crippen molar-refractivity contribution in [3.05, 3.63) is 23.3 Å². The van der Waals surface area contributed by atoms with Gasteiger partial charge in [0.05, 0.1) is 13.2 Å². The van der Waals surface area contributed by atoms with Gasteiger partial charge in [-0.15, -0.1) is 25.3 Å². The van der Waals surface area contributed by atoms with Crippen LogP contribution < -0.4 is 0 Å². The Kier molecular flexibility index (Phi) is 3.46. The van der Waals surface area contributed by atoms with Crippen LogP contribution in [0.4, 0.5) is 0 Å². The second-order valence-corrected chi connectivity index (χ2v) is 3.34. The number of aliphatic hydroxyl groups excluding tert-OH is 2. The number of benzene rings is 1. The second kappa shape index (κ2) is 4.18. The Morgan fingerprint density at radius 2 is 1.25 bits per heavy atom. The van der Waals surface area contributed by atoms with Crippen LogP contribution in [0.1, 0.15) is 11.1 Å². The van der Waals surface area contributed by atoms with Gasteiger partial charge in [0.15, 0.2) is 0 Å². The highest BCUT2D eigenvalue weighted by Crippen LogP contribution is 2.24. The third-order valence-corrected chi connectivity index (χ3v) is 2.54. The zero-order valence-corrected chi connectivity index (χ0v) is 8.15. The van der Waals surface area contributed by atoms with Crippen LogP contribution in [0.15, 0.2) is 21.9 Å². The summed E-state index contributed by atoms with van der Waals surface area (Å²) in [5, 5.41) is 17.9. The fourth-order valence-electron chi connectivity index (χ4n) is 1.02. The third kappa shape index (κ3) is 1.77. The number of aliphatic hydroxyl groups is 2. The van der Waals surface area contributed by atoms with Crippen LogP contribution in [0.25, 0.3) is 0 Å². The standard InChI is InChI=1S/C8H10O2S2/c9-3-5-6(4-10)8(12)2-1-7(5)11/h1-2,9-12H,3-4H2. The molecule has 66 valence electrons. The average Bonchev–Trinajstić information content (AvgIpc) is 2.08. The van der Waals surface area contributed by atoms with E-state index in [0.717, 1.165) is 0 Å². The van der Waals surface area contributed by atoms with Gasteiger partial charge in [-0.25, -0.2) is 0 Å². The molecule has 0 radical (unpaired) electrons. The first-order valence-corrected chi connectivity index (χ1v) is 4.34. The van der Waals surface area contributed by atoms with E-state index in [0.29, 0.717) is 20.9 Å². The molecule has 0 saturated heterocycles. The molecule has 0 unspecified atom stereocenters. The van der Waals surface area contributed by atoms with Gasteiger partial charge in [0.1, 0.15) is 0 Å². The van der Waals surface area contributed by atoms with Crippen LogP contribution in [-0.4, -0.2) is 10.2 Å². The molecule has 12 heavy (non-hydrogen) atoms. The van der Waals surface area contributed by atoms with E-state index in [4.69, 9.17) is 10.2 Å². The molecule has 1 aromatic carbocycles. The Morgan fingerprint density at radius 3 is 1.50 bits per heavy atom. The lowest BCUT2D eigenvalue weighted by Crippen LogP contribution is -1.97. The first kappa shape index (κ1) is 9.92. The van der Waals surface area contributed by atoms with Crippen LogP contribution in [-0.2, 0) is 13.2 Å². The fraction of sp³-hybridized carbons (Fsp3) is 0.250. The van der Waals surface area contributed by atoms with Gasteiger partial charge in [0.2, 0.25) is 0 Å². The van der Waals surface area contributed by atoms with Crippen molar-refractivity contribution in [3.8, 4) is 0 Å². The molecule has 4 heteroatoms. The predicted octanol–water partition coefficient (Wildman–Crippen LogP) is 1.25. The maximum absolute atomic E-state index is 8.96. The summed E-state index contributed by atoms with van der Waals surface area (Å²) in [4.78, 5) is 1.36. The van der Waals surface area contributed by atoms with Gasteiger partial charge in [-0.05, 0) is 23.3 Å². The lowest BCUT2D eigenvalue weighted by molar-refractivity contribution is 0.255. The van der Waals surface area contributed by atoms with Gasteiger partial charge in [-0.3, -0.25) is 0 Å². The summed E-state index contributed by atoms with van der Waals surface area (Å²) in [5.41, 5.74) is 1.29. The molecule has 2 N–H and O–H groups in total. The van der Waals surface area contributed by atoms with Crippen molar-refractivity contribution in [2.24, 2.45) is 0 Å². The van der Waals surface area contributed by atoms with Crippen molar-refractivity contribution < 1.29 is 10.2 Å². The van der Waals surface area contributed by atoms with E-state index >= 15 is 0 Å². The molecule has 0 aliphatic heterocycles. The highest BCUT2D eigenvalue weighted by atomic mass is 32.1. The summed E-state index contributed by atoms with van der Waals surface area (Å²) in [6, 6.07) is 3.49. The normalized spacial score (nSPS) is 10.3. The van der Waals surface area contributed by atoms with Gasteiger partial charge >= 0.3 is 0 Å². The minimum Gasteiger partial charge on any atom is -0.392 e. The Labute approximate surface area is 82.1 Å². The first-order chi connectivity index (χ1) is 5.70. The smallest absolute Gasteiger partial charge is 0.0696 e. The van der Waals surface area contributed by atoms with Crippen LogP contribution in [0, 0.1) is 0 Å². The van der Waals surface area contributed by atoms with E-state index in [1.807, 2.05) is 0 Å². The van der Waals surface area contributed by atoms with E-state index in [1.165, 1.54) is 0 Å². The molecule has 0 fully saturated rings. The Bertz CT molecular complexity index is 258. The van der Waals surface area contributed by atoms with E-state index < -0.39 is 0 Å². The molecule has 0 aliphatic carbocycles. The lowest BCUT2D eigenvalue weighted by atomic mass is 10.1. The second-order valence-electron chi connectivity index (χ2n) is 2.38. The summed E-state index contributed by atoms with van der Waals surface area (Å²) in [7, 11) is 0. The largest absolute Gasteiger partial charge is 0.392 e. The van der Waals surface area contributed by atoms with Crippen LogP contribution in [0.2, 0.25) is 0 Å². The van der Waals surface area contributed by atoms with Crippen molar-refractivity contribution in [3.63, 3.8) is 0 Å². The zero-order valence-electron chi connectivity index (χ0n) is 6.36. The zero-order chi connectivity index (χ0) is 9.14. The third-order valence-electron chi connectivity index (χ3n) is 1.70. The highest BCUT2D eigenvalue weighted by Gasteiger charge is 2.07. The molecular formula is C8H10O2S2. The summed E-state index contributed by atoms with van der Waals surface area (Å²) >= 11 is 8.29. The van der Waals surface area contributed by atoms with E-state index in [2.05, 4.69) is 25.3 Å². The molecule has 0 aliphatic rings. The number of hydrogen-bond acceptors (Lipinski definition) is 4. The molecule has 0 aromatic heterocycles. The molecule has 1 rings (SSSR count). The van der Waals surface area contributed by atoms with Crippen LogP contribution in [0.3, 0.4) is 0 Å².